The third kappa shape index (κ3) is 6.49. The molecule has 240 valence electrons. The summed E-state index contributed by atoms with van der Waals surface area (Å²) in [5.41, 5.74) is 4.26. The van der Waals surface area contributed by atoms with Crippen LogP contribution in [0.25, 0.3) is 0 Å². The van der Waals surface area contributed by atoms with Crippen molar-refractivity contribution in [3.8, 4) is 17.2 Å². The number of ether oxygens (including phenoxy) is 5. The van der Waals surface area contributed by atoms with Gasteiger partial charge in [0.05, 0.1) is 33.0 Å². The topological polar surface area (TPSA) is 109 Å². The number of benzene rings is 3. The zero-order valence-corrected chi connectivity index (χ0v) is 26.8. The van der Waals surface area contributed by atoms with E-state index in [1.165, 1.54) is 7.11 Å². The normalized spacial score (nSPS) is 19.2. The highest BCUT2D eigenvalue weighted by Gasteiger charge is 2.49. The van der Waals surface area contributed by atoms with Crippen molar-refractivity contribution in [2.45, 2.75) is 45.6 Å². The van der Waals surface area contributed by atoms with Gasteiger partial charge in [0.15, 0.2) is 17.3 Å². The maximum Gasteiger partial charge on any atom is 0.336 e. The first-order valence-corrected chi connectivity index (χ1v) is 15.4. The monoisotopic (exact) mass is 625 g/mol. The van der Waals surface area contributed by atoms with Crippen molar-refractivity contribution in [2.75, 3.05) is 27.4 Å². The Hall–Kier alpha value is -5.05. The molecule has 46 heavy (non-hydrogen) atoms. The highest BCUT2D eigenvalue weighted by molar-refractivity contribution is 6.13. The largest absolute Gasteiger partial charge is 0.497 e. The molecule has 0 aromatic heterocycles. The molecule has 1 N–H and O–H groups in total. The van der Waals surface area contributed by atoms with Crippen LogP contribution in [0.4, 0.5) is 0 Å². The molecular formula is C37H39NO8. The Kier molecular flexibility index (Phi) is 10.1. The molecule has 9 nitrogen and oxygen atoms in total. The van der Waals surface area contributed by atoms with E-state index in [2.05, 4.69) is 5.32 Å². The van der Waals surface area contributed by atoms with Crippen LogP contribution < -0.4 is 19.5 Å². The lowest BCUT2D eigenvalue weighted by molar-refractivity contribution is -0.152. The molecule has 0 saturated heterocycles. The maximum absolute atomic E-state index is 14.6. The van der Waals surface area contributed by atoms with Gasteiger partial charge in [0.25, 0.3) is 0 Å². The molecule has 3 atom stereocenters. The second-order valence-electron chi connectivity index (χ2n) is 11.1. The van der Waals surface area contributed by atoms with Crippen molar-refractivity contribution in [1.82, 2.24) is 5.32 Å². The van der Waals surface area contributed by atoms with Crippen LogP contribution in [0.15, 0.2) is 95.3 Å². The smallest absolute Gasteiger partial charge is 0.336 e. The zero-order valence-electron chi connectivity index (χ0n) is 26.8. The van der Waals surface area contributed by atoms with E-state index in [9.17, 15) is 14.4 Å². The van der Waals surface area contributed by atoms with Gasteiger partial charge in [-0.3, -0.25) is 9.59 Å². The minimum Gasteiger partial charge on any atom is -0.497 e. The predicted molar refractivity (Wildman–Crippen MR) is 171 cm³/mol. The van der Waals surface area contributed by atoms with Crippen LogP contribution in [0, 0.1) is 5.92 Å². The highest BCUT2D eigenvalue weighted by atomic mass is 16.5. The van der Waals surface area contributed by atoms with Gasteiger partial charge < -0.3 is 29.0 Å². The van der Waals surface area contributed by atoms with Gasteiger partial charge in [0.1, 0.15) is 18.3 Å². The second kappa shape index (κ2) is 14.4. The highest BCUT2D eigenvalue weighted by Crippen LogP contribution is 2.49. The van der Waals surface area contributed by atoms with Crippen molar-refractivity contribution in [1.29, 1.82) is 0 Å². The summed E-state index contributed by atoms with van der Waals surface area (Å²) in [7, 11) is 3.12. The van der Waals surface area contributed by atoms with Crippen LogP contribution in [0.1, 0.15) is 55.7 Å². The van der Waals surface area contributed by atoms with Crippen molar-refractivity contribution in [3.63, 3.8) is 0 Å². The summed E-state index contributed by atoms with van der Waals surface area (Å²) in [6, 6.07) is 22.5. The Bertz CT molecular complexity index is 1660. The summed E-state index contributed by atoms with van der Waals surface area (Å²) in [4.78, 5) is 41.6. The van der Waals surface area contributed by atoms with Gasteiger partial charge in [-0.2, -0.15) is 0 Å². The molecule has 1 aliphatic carbocycles. The molecule has 3 unspecified atom stereocenters. The van der Waals surface area contributed by atoms with Crippen LogP contribution in [0.2, 0.25) is 0 Å². The molecule has 1 heterocycles. The SMILES string of the molecule is CCOC(=O)C1=C(C)NC2=C(C(=O)C(C(=O)OCC)C(c3ccc(OC)cc3)C2)C1c1ccc(OCc2ccccc2)c(OC)c1. The molecule has 9 heteroatoms. The number of hydrogen-bond acceptors (Lipinski definition) is 9. The number of carbonyl (C=O) groups is 3. The molecule has 3 aromatic rings. The Balaban J connectivity index is 1.61. The number of carbonyl (C=O) groups excluding carboxylic acids is 3. The number of Topliss-reactive ketones (excluding diaryl/α,β-unsaturated/α-hetero) is 1. The number of methoxy groups -OCH3 is 2. The van der Waals surface area contributed by atoms with Gasteiger partial charge in [-0.25, -0.2) is 4.79 Å². The quantitative estimate of drug-likeness (QED) is 0.203. The Morgan fingerprint density at radius 2 is 1.54 bits per heavy atom. The fraction of sp³-hybridized carbons (Fsp3) is 0.324. The van der Waals surface area contributed by atoms with Crippen molar-refractivity contribution >= 4 is 17.7 Å². The van der Waals surface area contributed by atoms with Crippen LogP contribution in [-0.4, -0.2) is 45.2 Å². The molecule has 0 amide bonds. The number of esters is 2. The predicted octanol–water partition coefficient (Wildman–Crippen LogP) is 6.00. The lowest BCUT2D eigenvalue weighted by atomic mass is 9.67. The van der Waals surface area contributed by atoms with E-state index in [-0.39, 0.29) is 13.2 Å². The van der Waals surface area contributed by atoms with Crippen LogP contribution in [0.5, 0.6) is 17.2 Å². The van der Waals surface area contributed by atoms with Gasteiger partial charge in [0.2, 0.25) is 0 Å². The number of hydrogen-bond donors (Lipinski definition) is 1. The summed E-state index contributed by atoms with van der Waals surface area (Å²) in [5.74, 6) is -2.39. The molecule has 0 saturated carbocycles. The summed E-state index contributed by atoms with van der Waals surface area (Å²) >= 11 is 0. The molecule has 0 bridgehead atoms. The lowest BCUT2D eigenvalue weighted by Crippen LogP contribution is -2.43. The van der Waals surface area contributed by atoms with Gasteiger partial charge >= 0.3 is 11.9 Å². The number of ketones is 1. The van der Waals surface area contributed by atoms with Gasteiger partial charge in [-0.15, -0.1) is 0 Å². The first kappa shape index (κ1) is 32.3. The lowest BCUT2D eigenvalue weighted by Gasteiger charge is -2.39. The fourth-order valence-corrected chi connectivity index (χ4v) is 6.23. The Morgan fingerprint density at radius 1 is 0.848 bits per heavy atom. The second-order valence-corrected chi connectivity index (χ2v) is 11.1. The summed E-state index contributed by atoms with van der Waals surface area (Å²) < 4.78 is 28.1. The van der Waals surface area contributed by atoms with Crippen LogP contribution >= 0.6 is 0 Å². The minimum atomic E-state index is -1.12. The molecule has 3 aromatic carbocycles. The first-order valence-electron chi connectivity index (χ1n) is 15.4. The summed E-state index contributed by atoms with van der Waals surface area (Å²) in [5, 5.41) is 3.33. The zero-order chi connectivity index (χ0) is 32.8. The van der Waals surface area contributed by atoms with E-state index in [0.717, 1.165) is 11.1 Å². The fourth-order valence-electron chi connectivity index (χ4n) is 6.23. The third-order valence-electron chi connectivity index (χ3n) is 8.36. The standard InChI is InChI=1S/C37H39NO8/c1-6-44-36(40)31-22(3)38-28-20-27(24-13-16-26(42-4)17-14-24)33(37(41)45-7-2)35(39)34(28)32(31)25-15-18-29(30(19-25)43-5)46-21-23-11-9-8-10-12-23/h8-19,27,32-33,38H,6-7,20-21H2,1-5H3. The number of allylic oxidation sites excluding steroid dienone is 3. The molecule has 1 aliphatic heterocycles. The molecule has 0 radical (unpaired) electrons. The summed E-state index contributed by atoms with van der Waals surface area (Å²) in [6.07, 6.45) is 0.343. The van der Waals surface area contributed by atoms with Gasteiger partial charge in [-0.05, 0) is 68.1 Å². The van der Waals surface area contributed by atoms with E-state index < -0.39 is 35.5 Å². The third-order valence-corrected chi connectivity index (χ3v) is 8.36. The number of rotatable bonds is 11. The van der Waals surface area contributed by atoms with Crippen molar-refractivity contribution in [2.24, 2.45) is 5.92 Å². The maximum atomic E-state index is 14.6. The van der Waals surface area contributed by atoms with E-state index in [0.29, 0.717) is 58.4 Å². The number of dihydropyridines is 1. The first-order chi connectivity index (χ1) is 22.3. The minimum absolute atomic E-state index is 0.125. The van der Waals surface area contributed by atoms with Crippen molar-refractivity contribution in [3.05, 3.63) is 112 Å². The van der Waals surface area contributed by atoms with E-state index >= 15 is 0 Å². The van der Waals surface area contributed by atoms with Crippen LogP contribution in [0.3, 0.4) is 0 Å². The molecule has 2 aliphatic rings. The van der Waals surface area contributed by atoms with E-state index in [1.54, 1.807) is 52.1 Å². The molecule has 0 spiro atoms. The van der Waals surface area contributed by atoms with E-state index in [4.69, 9.17) is 23.7 Å². The molecule has 0 fully saturated rings. The Labute approximate surface area is 269 Å². The average molecular weight is 626 g/mol. The van der Waals surface area contributed by atoms with Crippen LogP contribution in [-0.2, 0) is 30.5 Å². The van der Waals surface area contributed by atoms with Crippen molar-refractivity contribution < 1.29 is 38.1 Å². The van der Waals surface area contributed by atoms with Gasteiger partial charge in [0, 0.05) is 28.8 Å². The number of nitrogens with one attached hydrogen (secondary N) is 1. The average Bonchev–Trinajstić information content (AvgIpc) is 3.07. The molecular weight excluding hydrogens is 586 g/mol. The molecule has 5 rings (SSSR count). The van der Waals surface area contributed by atoms with E-state index in [1.807, 2.05) is 48.5 Å². The summed E-state index contributed by atoms with van der Waals surface area (Å²) in [6.45, 7) is 5.85. The van der Waals surface area contributed by atoms with Gasteiger partial charge in [-0.1, -0.05) is 48.5 Å². The Morgan fingerprint density at radius 3 is 2.20 bits per heavy atom.